The fourth-order valence-corrected chi connectivity index (χ4v) is 2.24. The van der Waals surface area contributed by atoms with E-state index in [0.29, 0.717) is 15.7 Å². The van der Waals surface area contributed by atoms with Crippen molar-refractivity contribution < 1.29 is 13.2 Å². The zero-order chi connectivity index (χ0) is 13.6. The molecule has 3 N–H and O–H groups in total. The largest absolute Gasteiger partial charge is 0.411 e. The lowest BCUT2D eigenvalue weighted by molar-refractivity contribution is -0.151. The summed E-state index contributed by atoms with van der Waals surface area (Å²) in [6.07, 6.45) is -4.05. The van der Waals surface area contributed by atoms with Gasteiger partial charge < -0.3 is 11.1 Å². The monoisotopic (exact) mass is 338 g/mol. The number of halogens is 4. The van der Waals surface area contributed by atoms with Crippen molar-refractivity contribution in [2.45, 2.75) is 24.6 Å². The molecule has 1 saturated carbocycles. The molecule has 0 unspecified atom stereocenters. The Labute approximate surface area is 116 Å². The minimum atomic E-state index is -4.24. The minimum absolute atomic E-state index is 0.0972. The van der Waals surface area contributed by atoms with Crippen LogP contribution in [0.2, 0.25) is 0 Å². The predicted octanol–water partition coefficient (Wildman–Crippen LogP) is 3.59. The van der Waals surface area contributed by atoms with Crippen molar-refractivity contribution in [3.05, 3.63) is 28.2 Å². The smallest absolute Gasteiger partial charge is 0.389 e. The normalized spacial score (nSPS) is 17.3. The fourth-order valence-electron chi connectivity index (χ4n) is 1.63. The van der Waals surface area contributed by atoms with E-state index >= 15 is 0 Å². The summed E-state index contributed by atoms with van der Waals surface area (Å²) in [4.78, 5) is 0.208. The molecule has 0 aromatic heterocycles. The van der Waals surface area contributed by atoms with Crippen LogP contribution in [0.5, 0.6) is 0 Å². The molecular formula is C11H10BrF3N2S. The van der Waals surface area contributed by atoms with Gasteiger partial charge in [-0.2, -0.15) is 13.2 Å². The molecule has 7 heteroatoms. The summed E-state index contributed by atoms with van der Waals surface area (Å²) in [6, 6.07) is 4.75. The summed E-state index contributed by atoms with van der Waals surface area (Å²) in [5.74, 6) is 0. The van der Waals surface area contributed by atoms with Crippen LogP contribution in [-0.4, -0.2) is 16.7 Å². The highest BCUT2D eigenvalue weighted by Crippen LogP contribution is 2.51. The molecule has 0 bridgehead atoms. The van der Waals surface area contributed by atoms with Crippen molar-refractivity contribution in [3.8, 4) is 0 Å². The molecule has 1 aromatic rings. The Hall–Kier alpha value is -0.820. The molecule has 0 aliphatic heterocycles. The summed E-state index contributed by atoms with van der Waals surface area (Å²) < 4.78 is 38.9. The Bertz CT molecular complexity index is 498. The van der Waals surface area contributed by atoms with Gasteiger partial charge in [-0.3, -0.25) is 0 Å². The summed E-state index contributed by atoms with van der Waals surface area (Å²) in [5, 5.41) is 2.55. The second-order valence-corrected chi connectivity index (χ2v) is 5.56. The molecule has 1 aliphatic carbocycles. The average molecular weight is 339 g/mol. The van der Waals surface area contributed by atoms with E-state index in [4.69, 9.17) is 18.0 Å². The Morgan fingerprint density at radius 1 is 1.39 bits per heavy atom. The van der Waals surface area contributed by atoms with E-state index in [2.05, 4.69) is 21.2 Å². The van der Waals surface area contributed by atoms with Gasteiger partial charge in [0.25, 0.3) is 0 Å². The molecular weight excluding hydrogens is 329 g/mol. The Balaban J connectivity index is 2.24. The maximum Gasteiger partial charge on any atom is 0.411 e. The Morgan fingerprint density at radius 2 is 2.00 bits per heavy atom. The lowest BCUT2D eigenvalue weighted by Gasteiger charge is -2.22. The molecule has 1 fully saturated rings. The van der Waals surface area contributed by atoms with Crippen LogP contribution in [0.1, 0.15) is 18.4 Å². The SMILES string of the molecule is NC(=S)c1ccc(NC2(C(F)(F)F)CC2)c(Br)c1. The van der Waals surface area contributed by atoms with Crippen molar-refractivity contribution in [1.82, 2.24) is 0 Å². The first kappa shape index (κ1) is 13.6. The van der Waals surface area contributed by atoms with Crippen LogP contribution >= 0.6 is 28.1 Å². The Morgan fingerprint density at radius 3 is 2.39 bits per heavy atom. The van der Waals surface area contributed by atoms with E-state index in [9.17, 15) is 13.2 Å². The molecule has 0 atom stereocenters. The van der Waals surface area contributed by atoms with Crippen molar-refractivity contribution >= 4 is 38.8 Å². The standard InChI is InChI=1S/C11H10BrF3N2S/c12-7-5-6(9(16)18)1-2-8(7)17-10(3-4-10)11(13,14)15/h1-2,5,17H,3-4H2,(H2,16,18). The molecule has 98 valence electrons. The lowest BCUT2D eigenvalue weighted by atomic mass is 10.1. The number of rotatable bonds is 3. The quantitative estimate of drug-likeness (QED) is 0.827. The highest BCUT2D eigenvalue weighted by molar-refractivity contribution is 9.10. The lowest BCUT2D eigenvalue weighted by Crippen LogP contribution is -2.38. The number of hydrogen-bond donors (Lipinski definition) is 2. The number of nitrogens with one attached hydrogen (secondary N) is 1. The third-order valence-corrected chi connectivity index (χ3v) is 3.81. The van der Waals surface area contributed by atoms with Gasteiger partial charge in [0.05, 0.1) is 0 Å². The van der Waals surface area contributed by atoms with Gasteiger partial charge in [-0.15, -0.1) is 0 Å². The summed E-state index contributed by atoms with van der Waals surface area (Å²) in [6.45, 7) is 0. The maximum atomic E-state index is 12.8. The molecule has 18 heavy (non-hydrogen) atoms. The average Bonchev–Trinajstić information content (AvgIpc) is 3.01. The minimum Gasteiger partial charge on any atom is -0.389 e. The highest BCUT2D eigenvalue weighted by atomic mass is 79.9. The van der Waals surface area contributed by atoms with Crippen LogP contribution in [0.3, 0.4) is 0 Å². The number of anilines is 1. The van der Waals surface area contributed by atoms with Gasteiger partial charge in [-0.25, -0.2) is 0 Å². The zero-order valence-corrected chi connectivity index (χ0v) is 11.5. The fraction of sp³-hybridized carbons (Fsp3) is 0.364. The van der Waals surface area contributed by atoms with Gasteiger partial charge >= 0.3 is 6.18 Å². The molecule has 0 radical (unpaired) electrons. The molecule has 0 amide bonds. The van der Waals surface area contributed by atoms with Gasteiger partial charge in [-0.1, -0.05) is 12.2 Å². The van der Waals surface area contributed by atoms with Gasteiger partial charge in [0.2, 0.25) is 0 Å². The van der Waals surface area contributed by atoms with Crippen molar-refractivity contribution in [2.75, 3.05) is 5.32 Å². The summed E-state index contributed by atoms with van der Waals surface area (Å²) in [5.41, 5.74) is 4.68. The third kappa shape index (κ3) is 2.47. The van der Waals surface area contributed by atoms with Gasteiger partial charge in [0.15, 0.2) is 0 Å². The van der Waals surface area contributed by atoms with Crippen LogP contribution in [0, 0.1) is 0 Å². The molecule has 2 nitrogen and oxygen atoms in total. The van der Waals surface area contributed by atoms with Crippen molar-refractivity contribution in [3.63, 3.8) is 0 Å². The first-order chi connectivity index (χ1) is 8.25. The molecule has 2 rings (SSSR count). The number of thiocarbonyl (C=S) groups is 1. The number of hydrogen-bond acceptors (Lipinski definition) is 2. The van der Waals surface area contributed by atoms with Gasteiger partial charge in [0, 0.05) is 15.7 Å². The molecule has 1 aromatic carbocycles. The van der Waals surface area contributed by atoms with E-state index in [1.165, 1.54) is 0 Å². The van der Waals surface area contributed by atoms with E-state index in [1.807, 2.05) is 0 Å². The first-order valence-electron chi connectivity index (χ1n) is 5.19. The third-order valence-electron chi connectivity index (χ3n) is 2.92. The summed E-state index contributed by atoms with van der Waals surface area (Å²) in [7, 11) is 0. The molecule has 0 saturated heterocycles. The Kier molecular flexibility index (Phi) is 3.31. The van der Waals surface area contributed by atoms with Gasteiger partial charge in [-0.05, 0) is 47.0 Å². The van der Waals surface area contributed by atoms with Crippen LogP contribution in [0.15, 0.2) is 22.7 Å². The van der Waals surface area contributed by atoms with Crippen molar-refractivity contribution in [1.29, 1.82) is 0 Å². The second-order valence-electron chi connectivity index (χ2n) is 4.26. The van der Waals surface area contributed by atoms with E-state index < -0.39 is 11.7 Å². The van der Waals surface area contributed by atoms with Crippen LogP contribution < -0.4 is 11.1 Å². The van der Waals surface area contributed by atoms with Crippen molar-refractivity contribution in [2.24, 2.45) is 5.73 Å². The maximum absolute atomic E-state index is 12.8. The molecule has 0 heterocycles. The number of alkyl halides is 3. The molecule has 1 aliphatic rings. The second kappa shape index (κ2) is 4.38. The van der Waals surface area contributed by atoms with Crippen LogP contribution in [0.25, 0.3) is 0 Å². The van der Waals surface area contributed by atoms with Crippen LogP contribution in [0.4, 0.5) is 18.9 Å². The first-order valence-corrected chi connectivity index (χ1v) is 6.40. The topological polar surface area (TPSA) is 38.0 Å². The van der Waals surface area contributed by atoms with Crippen LogP contribution in [-0.2, 0) is 0 Å². The van der Waals surface area contributed by atoms with E-state index in [0.717, 1.165) is 0 Å². The van der Waals surface area contributed by atoms with Gasteiger partial charge in [0.1, 0.15) is 10.5 Å². The highest BCUT2D eigenvalue weighted by Gasteiger charge is 2.63. The number of nitrogens with two attached hydrogens (primary N) is 1. The zero-order valence-electron chi connectivity index (χ0n) is 9.14. The summed E-state index contributed by atoms with van der Waals surface area (Å²) >= 11 is 8.02. The number of benzene rings is 1. The predicted molar refractivity (Wildman–Crippen MR) is 71.7 cm³/mol. The molecule has 0 spiro atoms. The van der Waals surface area contributed by atoms with E-state index in [1.54, 1.807) is 18.2 Å². The van der Waals surface area contributed by atoms with E-state index in [-0.39, 0.29) is 17.8 Å².